The summed E-state index contributed by atoms with van der Waals surface area (Å²) in [5.41, 5.74) is 1.14. The highest BCUT2D eigenvalue weighted by molar-refractivity contribution is 5.99. The first-order valence-electron chi connectivity index (χ1n) is 5.35. The first-order chi connectivity index (χ1) is 8.11. The van der Waals surface area contributed by atoms with Gasteiger partial charge in [-0.2, -0.15) is 10.5 Å². The van der Waals surface area contributed by atoms with Crippen LogP contribution in [-0.4, -0.2) is 5.91 Å². The van der Waals surface area contributed by atoms with E-state index < -0.39 is 5.41 Å². The van der Waals surface area contributed by atoms with Crippen molar-refractivity contribution in [3.8, 4) is 12.1 Å². The van der Waals surface area contributed by atoms with Gasteiger partial charge in [0.2, 0.25) is 5.91 Å². The van der Waals surface area contributed by atoms with Crippen LogP contribution in [0.2, 0.25) is 0 Å². The molecule has 1 fully saturated rings. The molecular weight excluding hydrogens is 214 g/mol. The molecule has 0 unspecified atom stereocenters. The SMILES string of the molecule is Cc1ccc(C#N)cc1NC(=O)C1(C#N)CC1. The number of hydrogen-bond acceptors (Lipinski definition) is 3. The van der Waals surface area contributed by atoms with Gasteiger partial charge in [-0.3, -0.25) is 4.79 Å². The number of carbonyl (C=O) groups excluding carboxylic acids is 1. The highest BCUT2D eigenvalue weighted by Gasteiger charge is 2.50. The highest BCUT2D eigenvalue weighted by atomic mass is 16.2. The van der Waals surface area contributed by atoms with Crippen LogP contribution in [0.4, 0.5) is 5.69 Å². The third kappa shape index (κ3) is 1.98. The lowest BCUT2D eigenvalue weighted by atomic mass is 10.1. The minimum absolute atomic E-state index is 0.266. The Morgan fingerprint density at radius 1 is 1.41 bits per heavy atom. The normalized spacial score (nSPS) is 15.5. The maximum Gasteiger partial charge on any atom is 0.244 e. The summed E-state index contributed by atoms with van der Waals surface area (Å²) >= 11 is 0. The van der Waals surface area contributed by atoms with Gasteiger partial charge < -0.3 is 5.32 Å². The maximum absolute atomic E-state index is 11.9. The Morgan fingerprint density at radius 3 is 2.65 bits per heavy atom. The Bertz CT molecular complexity index is 559. The van der Waals surface area contributed by atoms with Crippen molar-refractivity contribution in [2.45, 2.75) is 19.8 Å². The minimum Gasteiger partial charge on any atom is -0.324 e. The Balaban J connectivity index is 2.23. The lowest BCUT2D eigenvalue weighted by Gasteiger charge is -2.10. The summed E-state index contributed by atoms with van der Waals surface area (Å²) < 4.78 is 0. The van der Waals surface area contributed by atoms with E-state index in [4.69, 9.17) is 10.5 Å². The van der Waals surface area contributed by atoms with Crippen molar-refractivity contribution in [3.63, 3.8) is 0 Å². The zero-order chi connectivity index (χ0) is 12.5. The molecular formula is C13H11N3O. The summed E-state index contributed by atoms with van der Waals surface area (Å²) in [6, 6.07) is 9.16. The van der Waals surface area contributed by atoms with Gasteiger partial charge in [0, 0.05) is 5.69 Å². The fourth-order valence-electron chi connectivity index (χ4n) is 1.58. The molecule has 4 heteroatoms. The van der Waals surface area contributed by atoms with E-state index in [0.29, 0.717) is 24.1 Å². The van der Waals surface area contributed by atoms with Crippen LogP contribution in [0, 0.1) is 35.0 Å². The molecule has 0 saturated heterocycles. The fraction of sp³-hybridized carbons (Fsp3) is 0.308. The average molecular weight is 225 g/mol. The molecule has 4 nitrogen and oxygen atoms in total. The second-order valence-electron chi connectivity index (χ2n) is 4.29. The van der Waals surface area contributed by atoms with Gasteiger partial charge in [-0.1, -0.05) is 6.07 Å². The summed E-state index contributed by atoms with van der Waals surface area (Å²) in [5, 5.41) is 20.4. The van der Waals surface area contributed by atoms with E-state index in [0.717, 1.165) is 5.56 Å². The molecule has 0 aromatic heterocycles. The number of nitriles is 2. The molecule has 1 aliphatic rings. The van der Waals surface area contributed by atoms with Gasteiger partial charge in [0.25, 0.3) is 0 Å². The van der Waals surface area contributed by atoms with Crippen LogP contribution in [0.5, 0.6) is 0 Å². The van der Waals surface area contributed by atoms with Crippen LogP contribution in [0.25, 0.3) is 0 Å². The molecule has 84 valence electrons. The first kappa shape index (κ1) is 11.2. The third-order valence-corrected chi connectivity index (χ3v) is 3.01. The molecule has 1 aromatic carbocycles. The predicted octanol–water partition coefficient (Wildman–Crippen LogP) is 2.11. The van der Waals surface area contributed by atoms with Crippen molar-refractivity contribution in [3.05, 3.63) is 29.3 Å². The summed E-state index contributed by atoms with van der Waals surface area (Å²) in [6.07, 6.45) is 1.23. The highest BCUT2D eigenvalue weighted by Crippen LogP contribution is 2.45. The zero-order valence-electron chi connectivity index (χ0n) is 9.45. The van der Waals surface area contributed by atoms with Crippen molar-refractivity contribution in [1.82, 2.24) is 0 Å². The largest absolute Gasteiger partial charge is 0.324 e. The number of amides is 1. The van der Waals surface area contributed by atoms with Gasteiger partial charge >= 0.3 is 0 Å². The van der Waals surface area contributed by atoms with Crippen LogP contribution < -0.4 is 5.32 Å². The minimum atomic E-state index is -0.838. The summed E-state index contributed by atoms with van der Waals surface area (Å²) in [5.74, 6) is -0.266. The molecule has 1 aromatic rings. The van der Waals surface area contributed by atoms with Crippen molar-refractivity contribution in [1.29, 1.82) is 10.5 Å². The lowest BCUT2D eigenvalue weighted by Crippen LogP contribution is -2.23. The van der Waals surface area contributed by atoms with Crippen LogP contribution in [0.15, 0.2) is 18.2 Å². The third-order valence-electron chi connectivity index (χ3n) is 3.01. The summed E-state index contributed by atoms with van der Waals surface area (Å²) in [6.45, 7) is 1.85. The van der Waals surface area contributed by atoms with Gasteiger partial charge in [0.1, 0.15) is 5.41 Å². The molecule has 2 rings (SSSR count). The Labute approximate surface area is 99.5 Å². The zero-order valence-corrected chi connectivity index (χ0v) is 9.45. The molecule has 1 aliphatic carbocycles. The van der Waals surface area contributed by atoms with Crippen molar-refractivity contribution < 1.29 is 4.79 Å². The van der Waals surface area contributed by atoms with Crippen LogP contribution in [0.3, 0.4) is 0 Å². The molecule has 1 amide bonds. The Kier molecular flexibility index (Phi) is 2.57. The van der Waals surface area contributed by atoms with Gasteiger partial charge in [0.05, 0.1) is 17.7 Å². The number of anilines is 1. The number of carbonyl (C=O) groups is 1. The predicted molar refractivity (Wildman–Crippen MR) is 61.8 cm³/mol. The van der Waals surface area contributed by atoms with E-state index in [2.05, 4.69) is 5.32 Å². The second kappa shape index (κ2) is 3.92. The number of benzene rings is 1. The van der Waals surface area contributed by atoms with E-state index in [1.54, 1.807) is 18.2 Å². The summed E-state index contributed by atoms with van der Waals surface area (Å²) in [7, 11) is 0. The van der Waals surface area contributed by atoms with Gasteiger partial charge in [0.15, 0.2) is 0 Å². The average Bonchev–Trinajstić information content (AvgIpc) is 3.13. The molecule has 0 atom stereocenters. The maximum atomic E-state index is 11.9. The Hall–Kier alpha value is -2.33. The molecule has 0 spiro atoms. The number of nitrogens with one attached hydrogen (secondary N) is 1. The molecule has 0 bridgehead atoms. The first-order valence-corrected chi connectivity index (χ1v) is 5.35. The van der Waals surface area contributed by atoms with E-state index >= 15 is 0 Å². The van der Waals surface area contributed by atoms with Crippen molar-refractivity contribution in [2.24, 2.45) is 5.41 Å². The van der Waals surface area contributed by atoms with Crippen molar-refractivity contribution in [2.75, 3.05) is 5.32 Å². The smallest absolute Gasteiger partial charge is 0.244 e. The van der Waals surface area contributed by atoms with E-state index in [1.165, 1.54) is 0 Å². The topological polar surface area (TPSA) is 76.7 Å². The molecule has 0 aliphatic heterocycles. The fourth-order valence-corrected chi connectivity index (χ4v) is 1.58. The molecule has 17 heavy (non-hydrogen) atoms. The molecule has 0 radical (unpaired) electrons. The van der Waals surface area contributed by atoms with E-state index in [9.17, 15) is 4.79 Å². The van der Waals surface area contributed by atoms with Gasteiger partial charge in [-0.05, 0) is 37.5 Å². The van der Waals surface area contributed by atoms with Gasteiger partial charge in [-0.15, -0.1) is 0 Å². The van der Waals surface area contributed by atoms with Crippen LogP contribution in [0.1, 0.15) is 24.0 Å². The van der Waals surface area contributed by atoms with Crippen LogP contribution in [-0.2, 0) is 4.79 Å². The number of nitrogens with zero attached hydrogens (tertiary/aromatic N) is 2. The molecule has 0 heterocycles. The number of aryl methyl sites for hydroxylation is 1. The van der Waals surface area contributed by atoms with Gasteiger partial charge in [-0.25, -0.2) is 0 Å². The lowest BCUT2D eigenvalue weighted by molar-refractivity contribution is -0.119. The monoisotopic (exact) mass is 225 g/mol. The number of hydrogen-bond donors (Lipinski definition) is 1. The summed E-state index contributed by atoms with van der Waals surface area (Å²) in [4.78, 5) is 11.9. The quantitative estimate of drug-likeness (QED) is 0.837. The Morgan fingerprint density at radius 2 is 2.12 bits per heavy atom. The van der Waals surface area contributed by atoms with Crippen molar-refractivity contribution >= 4 is 11.6 Å². The molecule has 1 N–H and O–H groups in total. The van der Waals surface area contributed by atoms with E-state index in [1.807, 2.05) is 19.1 Å². The number of rotatable bonds is 2. The standard InChI is InChI=1S/C13H11N3O/c1-9-2-3-10(7-14)6-11(9)16-12(17)13(8-15)4-5-13/h2-3,6H,4-5H2,1H3,(H,16,17). The molecule has 1 saturated carbocycles. The van der Waals surface area contributed by atoms with Crippen LogP contribution >= 0.6 is 0 Å². The van der Waals surface area contributed by atoms with E-state index in [-0.39, 0.29) is 5.91 Å². The second-order valence-corrected chi connectivity index (χ2v) is 4.29.